The Hall–Kier alpha value is -1.48. The van der Waals surface area contributed by atoms with Crippen molar-refractivity contribution in [2.24, 2.45) is 5.92 Å². The monoisotopic (exact) mass is 450 g/mol. The Labute approximate surface area is 187 Å². The predicted octanol–water partition coefficient (Wildman–Crippen LogP) is 1.93. The van der Waals surface area contributed by atoms with Crippen LogP contribution in [0, 0.1) is 12.8 Å². The topological polar surface area (TPSA) is 73.0 Å². The first-order valence-corrected chi connectivity index (χ1v) is 13.1. The highest BCUT2D eigenvalue weighted by Crippen LogP contribution is 2.18. The lowest BCUT2D eigenvalue weighted by Gasteiger charge is -2.33. The van der Waals surface area contributed by atoms with Gasteiger partial charge in [-0.2, -0.15) is 4.31 Å². The molecule has 2 fully saturated rings. The zero-order valence-electron chi connectivity index (χ0n) is 19.1. The summed E-state index contributed by atoms with van der Waals surface area (Å²) in [7, 11) is -3.46. The van der Waals surface area contributed by atoms with Crippen molar-refractivity contribution in [1.82, 2.24) is 19.4 Å². The Morgan fingerprint density at radius 3 is 2.42 bits per heavy atom. The van der Waals surface area contributed by atoms with E-state index in [1.54, 1.807) is 12.1 Å². The summed E-state index contributed by atoms with van der Waals surface area (Å²) < 4.78 is 27.1. The quantitative estimate of drug-likeness (QED) is 0.582. The van der Waals surface area contributed by atoms with E-state index in [9.17, 15) is 13.2 Å². The molecule has 0 aromatic heterocycles. The van der Waals surface area contributed by atoms with Crippen LogP contribution in [0.25, 0.3) is 0 Å². The predicted molar refractivity (Wildman–Crippen MR) is 123 cm³/mol. The van der Waals surface area contributed by atoms with E-state index in [1.165, 1.54) is 30.2 Å². The zero-order valence-corrected chi connectivity index (χ0v) is 19.9. The lowest BCUT2D eigenvalue weighted by molar-refractivity contribution is -0.122. The van der Waals surface area contributed by atoms with Gasteiger partial charge in [-0.05, 0) is 63.7 Å². The molecule has 31 heavy (non-hydrogen) atoms. The third-order valence-electron chi connectivity index (χ3n) is 6.32. The van der Waals surface area contributed by atoms with Crippen LogP contribution in [0.15, 0.2) is 29.2 Å². The minimum absolute atomic E-state index is 0.0291. The van der Waals surface area contributed by atoms with Crippen molar-refractivity contribution in [3.8, 4) is 0 Å². The number of hydrogen-bond acceptors (Lipinski definition) is 5. The fourth-order valence-electron chi connectivity index (χ4n) is 4.42. The van der Waals surface area contributed by atoms with Gasteiger partial charge in [0.25, 0.3) is 0 Å². The molecule has 1 N–H and O–H groups in total. The molecule has 1 unspecified atom stereocenters. The van der Waals surface area contributed by atoms with Crippen molar-refractivity contribution < 1.29 is 13.2 Å². The zero-order chi connectivity index (χ0) is 22.3. The number of carbonyl (C=O) groups is 1. The molecule has 2 saturated heterocycles. The van der Waals surface area contributed by atoms with Crippen molar-refractivity contribution in [3.05, 3.63) is 29.8 Å². The maximum atomic E-state index is 12.8. The van der Waals surface area contributed by atoms with E-state index >= 15 is 0 Å². The standard InChI is InChI=1S/C23H38N4O3S/c1-20-7-9-22(10-8-20)31(29,30)27-16-14-26(15-17-27)19-23(28)24-11-3-4-12-25-13-5-6-21(2)18-25/h7-10,21H,3-6,11-19H2,1-2H3,(H,24,28). The smallest absolute Gasteiger partial charge is 0.243 e. The normalized spacial score (nSPS) is 21.8. The number of piperidine rings is 1. The van der Waals surface area contributed by atoms with Crippen molar-refractivity contribution >= 4 is 15.9 Å². The molecular formula is C23H38N4O3S. The lowest BCUT2D eigenvalue weighted by atomic mass is 10.0. The first kappa shape index (κ1) is 24.2. The Bertz CT molecular complexity index is 805. The van der Waals surface area contributed by atoms with Gasteiger partial charge in [-0.3, -0.25) is 9.69 Å². The third-order valence-corrected chi connectivity index (χ3v) is 8.23. The summed E-state index contributed by atoms with van der Waals surface area (Å²) in [5.41, 5.74) is 1.04. The molecule has 0 spiro atoms. The molecular weight excluding hydrogens is 412 g/mol. The van der Waals surface area contributed by atoms with Gasteiger partial charge < -0.3 is 10.2 Å². The fourth-order valence-corrected chi connectivity index (χ4v) is 5.85. The molecule has 2 aliphatic heterocycles. The maximum absolute atomic E-state index is 12.8. The van der Waals surface area contributed by atoms with Gasteiger partial charge in [0.2, 0.25) is 15.9 Å². The van der Waals surface area contributed by atoms with Crippen LogP contribution >= 0.6 is 0 Å². The highest BCUT2D eigenvalue weighted by Gasteiger charge is 2.28. The summed E-state index contributed by atoms with van der Waals surface area (Å²) in [6.07, 6.45) is 4.76. The molecule has 0 aliphatic carbocycles. The minimum Gasteiger partial charge on any atom is -0.355 e. The van der Waals surface area contributed by atoms with Gasteiger partial charge in [-0.1, -0.05) is 24.6 Å². The second-order valence-corrected chi connectivity index (χ2v) is 11.0. The molecule has 8 heteroatoms. The molecule has 174 valence electrons. The van der Waals surface area contributed by atoms with E-state index in [2.05, 4.69) is 17.1 Å². The van der Waals surface area contributed by atoms with E-state index in [-0.39, 0.29) is 5.91 Å². The van der Waals surface area contributed by atoms with Crippen LogP contribution in [-0.2, 0) is 14.8 Å². The van der Waals surface area contributed by atoms with Gasteiger partial charge in [0.1, 0.15) is 0 Å². The number of nitrogens with one attached hydrogen (secondary N) is 1. The van der Waals surface area contributed by atoms with Gasteiger partial charge in [0.15, 0.2) is 0 Å². The number of nitrogens with zero attached hydrogens (tertiary/aromatic N) is 3. The molecule has 1 aromatic carbocycles. The number of carbonyl (C=O) groups excluding carboxylic acids is 1. The average molecular weight is 451 g/mol. The summed E-state index contributed by atoms with van der Waals surface area (Å²) in [5.74, 6) is 0.835. The van der Waals surface area contributed by atoms with E-state index in [4.69, 9.17) is 0 Å². The fraction of sp³-hybridized carbons (Fsp3) is 0.696. The van der Waals surface area contributed by atoms with Gasteiger partial charge in [0.05, 0.1) is 11.4 Å². The summed E-state index contributed by atoms with van der Waals surface area (Å²) in [6, 6.07) is 6.97. The highest BCUT2D eigenvalue weighted by atomic mass is 32.2. The van der Waals surface area contributed by atoms with Crippen LogP contribution in [0.2, 0.25) is 0 Å². The van der Waals surface area contributed by atoms with Gasteiger partial charge in [0, 0.05) is 39.3 Å². The van der Waals surface area contributed by atoms with Crippen LogP contribution < -0.4 is 5.32 Å². The molecule has 0 radical (unpaired) electrons. The molecule has 3 rings (SSSR count). The van der Waals surface area contributed by atoms with Gasteiger partial charge in [-0.15, -0.1) is 0 Å². The summed E-state index contributed by atoms with van der Waals surface area (Å²) in [6.45, 7) is 10.8. The van der Waals surface area contributed by atoms with Crippen molar-refractivity contribution in [2.75, 3.05) is 58.9 Å². The number of benzene rings is 1. The van der Waals surface area contributed by atoms with Crippen molar-refractivity contribution in [1.29, 1.82) is 0 Å². The van der Waals surface area contributed by atoms with E-state index in [0.717, 1.165) is 30.9 Å². The largest absolute Gasteiger partial charge is 0.355 e. The van der Waals surface area contributed by atoms with Gasteiger partial charge in [-0.25, -0.2) is 8.42 Å². The van der Waals surface area contributed by atoms with Crippen LogP contribution in [0.5, 0.6) is 0 Å². The highest BCUT2D eigenvalue weighted by molar-refractivity contribution is 7.89. The van der Waals surface area contributed by atoms with E-state index < -0.39 is 10.0 Å². The molecule has 2 heterocycles. The first-order chi connectivity index (χ1) is 14.8. The number of rotatable bonds is 9. The summed E-state index contributed by atoms with van der Waals surface area (Å²) in [5, 5.41) is 3.02. The Kier molecular flexibility index (Phi) is 8.89. The third kappa shape index (κ3) is 7.27. The average Bonchev–Trinajstić information content (AvgIpc) is 2.74. The molecule has 1 amide bonds. The summed E-state index contributed by atoms with van der Waals surface area (Å²) >= 11 is 0. The van der Waals surface area contributed by atoms with Crippen LogP contribution in [0.3, 0.4) is 0 Å². The van der Waals surface area contributed by atoms with E-state index in [1.807, 2.05) is 24.0 Å². The molecule has 1 atom stereocenters. The van der Waals surface area contributed by atoms with Gasteiger partial charge >= 0.3 is 0 Å². The minimum atomic E-state index is -3.46. The Morgan fingerprint density at radius 2 is 1.74 bits per heavy atom. The molecule has 1 aromatic rings. The molecule has 7 nitrogen and oxygen atoms in total. The van der Waals surface area contributed by atoms with Crippen LogP contribution in [0.4, 0.5) is 0 Å². The molecule has 0 saturated carbocycles. The number of sulfonamides is 1. The number of piperazine rings is 1. The summed E-state index contributed by atoms with van der Waals surface area (Å²) in [4.78, 5) is 17.2. The Balaban J connectivity index is 1.31. The number of likely N-dealkylation sites (tertiary alicyclic amines) is 1. The maximum Gasteiger partial charge on any atom is 0.243 e. The molecule has 0 bridgehead atoms. The number of unbranched alkanes of at least 4 members (excludes halogenated alkanes) is 1. The second kappa shape index (κ2) is 11.4. The van der Waals surface area contributed by atoms with Crippen molar-refractivity contribution in [3.63, 3.8) is 0 Å². The Morgan fingerprint density at radius 1 is 1.03 bits per heavy atom. The van der Waals surface area contributed by atoms with Crippen LogP contribution in [-0.4, -0.2) is 87.3 Å². The number of aryl methyl sites for hydroxylation is 1. The second-order valence-electron chi connectivity index (χ2n) is 9.10. The van der Waals surface area contributed by atoms with Crippen molar-refractivity contribution in [2.45, 2.75) is 44.4 Å². The number of amides is 1. The first-order valence-electron chi connectivity index (χ1n) is 11.6. The number of hydrogen-bond donors (Lipinski definition) is 1. The van der Waals surface area contributed by atoms with E-state index in [0.29, 0.717) is 44.2 Å². The lowest BCUT2D eigenvalue weighted by Crippen LogP contribution is -2.51. The molecule has 2 aliphatic rings. The SMILES string of the molecule is Cc1ccc(S(=O)(=O)N2CCN(CC(=O)NCCCCN3CCCC(C)C3)CC2)cc1. The van der Waals surface area contributed by atoms with Crippen LogP contribution in [0.1, 0.15) is 38.2 Å².